The molecule has 6 nitrogen and oxygen atoms in total. The molecule has 2 aromatic rings. The Hall–Kier alpha value is -1.73. The Morgan fingerprint density at radius 1 is 1.63 bits per heavy atom. The first-order valence-electron chi connectivity index (χ1n) is 6.12. The number of thiophene rings is 1. The molecule has 100 valence electrons. The molecular formula is C12H14N4O2S. The van der Waals surface area contributed by atoms with Gasteiger partial charge in [-0.25, -0.2) is 0 Å². The van der Waals surface area contributed by atoms with Crippen LogP contribution in [0.25, 0.3) is 0 Å². The fourth-order valence-corrected chi connectivity index (χ4v) is 3.04. The normalized spacial score (nSPS) is 19.9. The van der Waals surface area contributed by atoms with E-state index in [1.165, 1.54) is 5.56 Å². The first-order chi connectivity index (χ1) is 9.24. The molecule has 1 amide bonds. The van der Waals surface area contributed by atoms with Crippen molar-refractivity contribution < 1.29 is 9.32 Å². The number of aromatic nitrogens is 2. The first-order valence-corrected chi connectivity index (χ1v) is 7.07. The van der Waals surface area contributed by atoms with Crippen LogP contribution < -0.4 is 5.73 Å². The van der Waals surface area contributed by atoms with E-state index in [9.17, 15) is 4.79 Å². The smallest absolute Gasteiger partial charge is 0.290 e. The van der Waals surface area contributed by atoms with Crippen molar-refractivity contribution in [1.29, 1.82) is 0 Å². The second-order valence-electron chi connectivity index (χ2n) is 4.58. The van der Waals surface area contributed by atoms with Gasteiger partial charge in [0.1, 0.15) is 0 Å². The number of nitrogens with zero attached hydrogens (tertiary/aromatic N) is 3. The minimum Gasteiger partial charge on any atom is -0.363 e. The zero-order valence-electron chi connectivity index (χ0n) is 10.3. The van der Waals surface area contributed by atoms with E-state index in [0.717, 1.165) is 25.9 Å². The topological polar surface area (TPSA) is 85.2 Å². The monoisotopic (exact) mass is 278 g/mol. The lowest BCUT2D eigenvalue weighted by atomic mass is 10.2. The van der Waals surface area contributed by atoms with Gasteiger partial charge in [0.25, 0.3) is 11.7 Å². The molecule has 0 aliphatic carbocycles. The number of amides is 1. The largest absolute Gasteiger partial charge is 0.363 e. The molecule has 1 aliphatic rings. The van der Waals surface area contributed by atoms with Crippen molar-refractivity contribution in [3.8, 4) is 0 Å². The van der Waals surface area contributed by atoms with Gasteiger partial charge < -0.3 is 10.3 Å². The number of hydrogen-bond acceptors (Lipinski definition) is 6. The van der Waals surface area contributed by atoms with Gasteiger partial charge in [0.15, 0.2) is 0 Å². The maximum Gasteiger partial charge on any atom is 0.290 e. The first kappa shape index (κ1) is 12.3. The molecule has 0 unspecified atom stereocenters. The van der Waals surface area contributed by atoms with Gasteiger partial charge in [-0.15, -0.1) is 0 Å². The van der Waals surface area contributed by atoms with Crippen LogP contribution in [0.1, 0.15) is 41.0 Å². The Kier molecular flexibility index (Phi) is 3.31. The summed E-state index contributed by atoms with van der Waals surface area (Å²) in [6.07, 6.45) is 2.05. The summed E-state index contributed by atoms with van der Waals surface area (Å²) in [5.74, 6) is -0.212. The van der Waals surface area contributed by atoms with Gasteiger partial charge >= 0.3 is 0 Å². The van der Waals surface area contributed by atoms with Crippen LogP contribution in [0, 0.1) is 0 Å². The van der Waals surface area contributed by atoms with Crippen molar-refractivity contribution in [3.63, 3.8) is 0 Å². The third kappa shape index (κ3) is 2.52. The Bertz CT molecular complexity index is 566. The maximum absolute atomic E-state index is 11.0. The van der Waals surface area contributed by atoms with Gasteiger partial charge in [0, 0.05) is 6.54 Å². The predicted molar refractivity (Wildman–Crippen MR) is 69.5 cm³/mol. The summed E-state index contributed by atoms with van der Waals surface area (Å²) in [6.45, 7) is 1.86. The van der Waals surface area contributed by atoms with E-state index in [1.807, 2.05) is 0 Å². The SMILES string of the molecule is NC(=O)c1noc([C@@H]2CCCN2Cc2ccsc2)n1. The summed E-state index contributed by atoms with van der Waals surface area (Å²) < 4.78 is 5.16. The highest BCUT2D eigenvalue weighted by Gasteiger charge is 2.31. The van der Waals surface area contributed by atoms with E-state index in [0.29, 0.717) is 5.89 Å². The van der Waals surface area contributed by atoms with Crippen LogP contribution in [0.4, 0.5) is 0 Å². The molecule has 3 heterocycles. The Morgan fingerprint density at radius 3 is 3.21 bits per heavy atom. The lowest BCUT2D eigenvalue weighted by Gasteiger charge is -2.20. The average Bonchev–Trinajstić information content (AvgIpc) is 3.09. The van der Waals surface area contributed by atoms with Crippen LogP contribution in [0.15, 0.2) is 21.3 Å². The zero-order chi connectivity index (χ0) is 13.2. The number of carbonyl (C=O) groups is 1. The number of carbonyl (C=O) groups excluding carboxylic acids is 1. The summed E-state index contributed by atoms with van der Waals surface area (Å²) in [7, 11) is 0. The van der Waals surface area contributed by atoms with E-state index >= 15 is 0 Å². The Labute approximate surface area is 114 Å². The minimum absolute atomic E-state index is 0.0441. The van der Waals surface area contributed by atoms with Crippen LogP contribution >= 0.6 is 11.3 Å². The summed E-state index contributed by atoms with van der Waals surface area (Å²) in [4.78, 5) is 17.4. The second kappa shape index (κ2) is 5.10. The molecule has 1 saturated heterocycles. The van der Waals surface area contributed by atoms with Crippen LogP contribution in [0.2, 0.25) is 0 Å². The lowest BCUT2D eigenvalue weighted by Crippen LogP contribution is -2.23. The van der Waals surface area contributed by atoms with E-state index in [2.05, 4.69) is 31.9 Å². The number of primary amides is 1. The number of hydrogen-bond donors (Lipinski definition) is 1. The summed E-state index contributed by atoms with van der Waals surface area (Å²) in [5.41, 5.74) is 6.42. The van der Waals surface area contributed by atoms with Crippen LogP contribution in [-0.2, 0) is 6.54 Å². The molecule has 1 fully saturated rings. The highest BCUT2D eigenvalue weighted by Crippen LogP contribution is 2.32. The second-order valence-corrected chi connectivity index (χ2v) is 5.36. The summed E-state index contributed by atoms with van der Waals surface area (Å²) in [6, 6.07) is 2.20. The molecule has 0 radical (unpaired) electrons. The zero-order valence-corrected chi connectivity index (χ0v) is 11.1. The van der Waals surface area contributed by atoms with Crippen molar-refractivity contribution >= 4 is 17.2 Å². The van der Waals surface area contributed by atoms with Gasteiger partial charge in [0.05, 0.1) is 6.04 Å². The van der Waals surface area contributed by atoms with Crippen LogP contribution in [0.3, 0.4) is 0 Å². The van der Waals surface area contributed by atoms with Crippen LogP contribution in [-0.4, -0.2) is 27.5 Å². The van der Waals surface area contributed by atoms with E-state index in [-0.39, 0.29) is 11.9 Å². The van der Waals surface area contributed by atoms with E-state index in [4.69, 9.17) is 10.3 Å². The third-order valence-electron chi connectivity index (χ3n) is 3.28. The van der Waals surface area contributed by atoms with Gasteiger partial charge in [-0.2, -0.15) is 16.3 Å². The molecule has 1 aliphatic heterocycles. The quantitative estimate of drug-likeness (QED) is 0.917. The predicted octanol–water partition coefficient (Wildman–Crippen LogP) is 1.57. The summed E-state index contributed by atoms with van der Waals surface area (Å²) in [5, 5.41) is 7.81. The molecule has 0 saturated carbocycles. The fraction of sp³-hybridized carbons (Fsp3) is 0.417. The molecule has 0 bridgehead atoms. The van der Waals surface area contributed by atoms with Crippen molar-refractivity contribution in [2.45, 2.75) is 25.4 Å². The molecule has 0 spiro atoms. The molecule has 0 aromatic carbocycles. The number of rotatable bonds is 4. The Balaban J connectivity index is 1.76. The van der Waals surface area contributed by atoms with Crippen molar-refractivity contribution in [2.24, 2.45) is 5.73 Å². The van der Waals surface area contributed by atoms with E-state index in [1.54, 1.807) is 11.3 Å². The molecule has 1 atom stereocenters. The number of nitrogens with two attached hydrogens (primary N) is 1. The molecule has 7 heteroatoms. The lowest BCUT2D eigenvalue weighted by molar-refractivity contribution is 0.0987. The van der Waals surface area contributed by atoms with Crippen molar-refractivity contribution in [1.82, 2.24) is 15.0 Å². The molecule has 3 rings (SSSR count). The summed E-state index contributed by atoms with van der Waals surface area (Å²) >= 11 is 1.69. The molecular weight excluding hydrogens is 264 g/mol. The maximum atomic E-state index is 11.0. The van der Waals surface area contributed by atoms with Crippen molar-refractivity contribution in [2.75, 3.05) is 6.54 Å². The Morgan fingerprint density at radius 2 is 2.53 bits per heavy atom. The van der Waals surface area contributed by atoms with Gasteiger partial charge in [-0.3, -0.25) is 9.69 Å². The van der Waals surface area contributed by atoms with Crippen LogP contribution in [0.5, 0.6) is 0 Å². The van der Waals surface area contributed by atoms with Gasteiger partial charge in [0.2, 0.25) is 5.89 Å². The van der Waals surface area contributed by atoms with Gasteiger partial charge in [-0.05, 0) is 41.8 Å². The van der Waals surface area contributed by atoms with Gasteiger partial charge in [-0.1, -0.05) is 5.16 Å². The van der Waals surface area contributed by atoms with Crippen molar-refractivity contribution in [3.05, 3.63) is 34.1 Å². The standard InChI is InChI=1S/C12H14N4O2S/c13-10(17)11-14-12(18-15-11)9-2-1-4-16(9)6-8-3-5-19-7-8/h3,5,7,9H,1-2,4,6H2,(H2,13,17)/t9-/m0/s1. The number of likely N-dealkylation sites (tertiary alicyclic amines) is 1. The van der Waals surface area contributed by atoms with E-state index < -0.39 is 5.91 Å². The third-order valence-corrected chi connectivity index (χ3v) is 4.01. The molecule has 2 N–H and O–H groups in total. The molecule has 2 aromatic heterocycles. The minimum atomic E-state index is -0.655. The highest BCUT2D eigenvalue weighted by molar-refractivity contribution is 7.07. The fourth-order valence-electron chi connectivity index (χ4n) is 2.38. The highest BCUT2D eigenvalue weighted by atomic mass is 32.1. The average molecular weight is 278 g/mol. The molecule has 19 heavy (non-hydrogen) atoms.